The van der Waals surface area contributed by atoms with Gasteiger partial charge in [0, 0.05) is 45.3 Å². The van der Waals surface area contributed by atoms with Crippen LogP contribution in [0.4, 0.5) is 0 Å². The number of nitrogens with zero attached hydrogens (tertiary/aromatic N) is 4. The summed E-state index contributed by atoms with van der Waals surface area (Å²) in [6, 6.07) is 0.590. The van der Waals surface area contributed by atoms with Gasteiger partial charge in [-0.05, 0) is 43.9 Å². The molecule has 0 radical (unpaired) electrons. The van der Waals surface area contributed by atoms with Gasteiger partial charge in [0.05, 0.1) is 0 Å². The van der Waals surface area contributed by atoms with Crippen LogP contribution in [-0.4, -0.2) is 53.1 Å². The number of halogens is 1. The van der Waals surface area contributed by atoms with E-state index in [2.05, 4.69) is 39.2 Å². The van der Waals surface area contributed by atoms with Crippen molar-refractivity contribution in [1.82, 2.24) is 25.4 Å². The monoisotopic (exact) mass is 518 g/mol. The molecule has 0 spiro atoms. The van der Waals surface area contributed by atoms with Gasteiger partial charge < -0.3 is 19.9 Å². The Labute approximate surface area is 192 Å². The summed E-state index contributed by atoms with van der Waals surface area (Å²) in [6.45, 7) is 8.45. The number of ether oxygens (including phenoxy) is 1. The molecule has 8 heteroatoms. The van der Waals surface area contributed by atoms with Crippen LogP contribution in [0.5, 0.6) is 0 Å². The van der Waals surface area contributed by atoms with Crippen LogP contribution in [0.2, 0.25) is 0 Å². The lowest BCUT2D eigenvalue weighted by Crippen LogP contribution is -2.46. The van der Waals surface area contributed by atoms with Crippen LogP contribution in [-0.2, 0) is 17.7 Å². The highest BCUT2D eigenvalue weighted by molar-refractivity contribution is 14.0. The molecule has 7 nitrogen and oxygen atoms in total. The average molecular weight is 518 g/mol. The minimum absolute atomic E-state index is 0. The van der Waals surface area contributed by atoms with E-state index >= 15 is 0 Å². The Morgan fingerprint density at radius 1 is 1.24 bits per heavy atom. The summed E-state index contributed by atoms with van der Waals surface area (Å²) in [5, 5.41) is 15.4. The molecular formula is C21H39IN6O. The molecular weight excluding hydrogens is 479 g/mol. The summed E-state index contributed by atoms with van der Waals surface area (Å²) in [6.07, 6.45) is 11.5. The van der Waals surface area contributed by atoms with Crippen LogP contribution < -0.4 is 10.6 Å². The zero-order valence-electron chi connectivity index (χ0n) is 18.1. The van der Waals surface area contributed by atoms with Crippen molar-refractivity contribution in [3.05, 3.63) is 12.2 Å². The van der Waals surface area contributed by atoms with Crippen molar-refractivity contribution < 1.29 is 4.74 Å². The van der Waals surface area contributed by atoms with Crippen LogP contribution in [0, 0.1) is 11.8 Å². The summed E-state index contributed by atoms with van der Waals surface area (Å²) >= 11 is 0. The second kappa shape index (κ2) is 13.4. The first-order valence-corrected chi connectivity index (χ1v) is 11.3. The smallest absolute Gasteiger partial charge is 0.191 e. The Hall–Kier alpha value is -0.900. The zero-order chi connectivity index (χ0) is 19.6. The molecule has 2 fully saturated rings. The number of aliphatic imine (C=N–C) groups is 1. The Morgan fingerprint density at radius 2 is 2.10 bits per heavy atom. The van der Waals surface area contributed by atoms with Gasteiger partial charge in [-0.3, -0.25) is 4.99 Å². The number of hydrogen-bond donors (Lipinski definition) is 2. The molecule has 166 valence electrons. The molecule has 1 aromatic heterocycles. The molecule has 1 heterocycles. The predicted molar refractivity (Wildman–Crippen MR) is 128 cm³/mol. The predicted octanol–water partition coefficient (Wildman–Crippen LogP) is 3.39. The molecule has 0 aliphatic heterocycles. The Bertz CT molecular complexity index is 608. The summed E-state index contributed by atoms with van der Waals surface area (Å²) < 4.78 is 7.77. The maximum absolute atomic E-state index is 5.66. The molecule has 3 atom stereocenters. The van der Waals surface area contributed by atoms with E-state index in [4.69, 9.17) is 9.73 Å². The first-order valence-electron chi connectivity index (χ1n) is 11.3. The van der Waals surface area contributed by atoms with Crippen LogP contribution in [0.25, 0.3) is 0 Å². The van der Waals surface area contributed by atoms with Crippen molar-refractivity contribution in [2.45, 2.75) is 77.8 Å². The second-order valence-electron chi connectivity index (χ2n) is 8.20. The lowest BCUT2D eigenvalue weighted by Gasteiger charge is -2.25. The zero-order valence-corrected chi connectivity index (χ0v) is 20.4. The van der Waals surface area contributed by atoms with E-state index in [-0.39, 0.29) is 24.0 Å². The van der Waals surface area contributed by atoms with Crippen molar-refractivity contribution in [3.63, 3.8) is 0 Å². The summed E-state index contributed by atoms with van der Waals surface area (Å²) in [5.74, 6) is 3.75. The van der Waals surface area contributed by atoms with Crippen LogP contribution in [0.3, 0.4) is 0 Å². The van der Waals surface area contributed by atoms with Crippen molar-refractivity contribution in [2.24, 2.45) is 16.8 Å². The first-order chi connectivity index (χ1) is 13.8. The van der Waals surface area contributed by atoms with Crippen molar-refractivity contribution in [3.8, 4) is 0 Å². The molecule has 2 aliphatic carbocycles. The fraction of sp³-hybridized carbons (Fsp3) is 0.857. The second-order valence-corrected chi connectivity index (χ2v) is 8.20. The minimum atomic E-state index is 0. The molecule has 3 rings (SSSR count). The average Bonchev–Trinajstić information content (AvgIpc) is 3.44. The first kappa shape index (κ1) is 24.4. The van der Waals surface area contributed by atoms with Crippen LogP contribution in [0.15, 0.2) is 11.3 Å². The van der Waals surface area contributed by atoms with E-state index in [0.29, 0.717) is 6.04 Å². The largest absolute Gasteiger partial charge is 0.381 e. The molecule has 1 aromatic rings. The third kappa shape index (κ3) is 7.70. The SMILES string of the molecule is CCCCOCCCN=C(NCCn1cnnc1CC)NC1CC2CCC1C2.I. The van der Waals surface area contributed by atoms with Crippen molar-refractivity contribution in [1.29, 1.82) is 0 Å². The number of nitrogens with one attached hydrogen (secondary N) is 2. The van der Waals surface area contributed by atoms with E-state index in [1.807, 2.05) is 6.33 Å². The van der Waals surface area contributed by atoms with Crippen LogP contribution >= 0.6 is 24.0 Å². The molecule has 2 aliphatic rings. The fourth-order valence-electron chi connectivity index (χ4n) is 4.49. The Morgan fingerprint density at radius 3 is 2.83 bits per heavy atom. The molecule has 2 bridgehead atoms. The van der Waals surface area contributed by atoms with Gasteiger partial charge in [-0.1, -0.05) is 26.7 Å². The summed E-state index contributed by atoms with van der Waals surface area (Å²) in [7, 11) is 0. The highest BCUT2D eigenvalue weighted by Gasteiger charge is 2.39. The molecule has 2 N–H and O–H groups in total. The molecule has 0 saturated heterocycles. The summed E-state index contributed by atoms with van der Waals surface area (Å²) in [4.78, 5) is 4.82. The maximum Gasteiger partial charge on any atom is 0.191 e. The third-order valence-electron chi connectivity index (χ3n) is 6.08. The van der Waals surface area contributed by atoms with Gasteiger partial charge in [0.2, 0.25) is 0 Å². The number of fused-ring (bicyclic) bond motifs is 2. The number of rotatable bonds is 12. The van der Waals surface area contributed by atoms with Gasteiger partial charge in [-0.15, -0.1) is 34.2 Å². The number of unbranched alkanes of at least 4 members (excludes halogenated alkanes) is 1. The molecule has 2 saturated carbocycles. The van der Waals surface area contributed by atoms with Gasteiger partial charge in [0.25, 0.3) is 0 Å². The van der Waals surface area contributed by atoms with E-state index in [0.717, 1.165) is 75.7 Å². The normalized spacial score (nSPS) is 23.2. The maximum atomic E-state index is 5.66. The fourth-order valence-corrected chi connectivity index (χ4v) is 4.49. The van der Waals surface area contributed by atoms with E-state index in [1.165, 1.54) is 32.1 Å². The molecule has 0 aromatic carbocycles. The number of aromatic nitrogens is 3. The van der Waals surface area contributed by atoms with Gasteiger partial charge in [-0.25, -0.2) is 0 Å². The number of hydrogen-bond acceptors (Lipinski definition) is 4. The Kier molecular flexibility index (Phi) is 11.3. The summed E-state index contributed by atoms with van der Waals surface area (Å²) in [5.41, 5.74) is 0. The molecule has 29 heavy (non-hydrogen) atoms. The quantitative estimate of drug-likeness (QED) is 0.192. The topological polar surface area (TPSA) is 76.4 Å². The standard InChI is InChI=1S/C21H38N6O.HI/c1-3-5-12-28-13-6-9-22-21(25-19-15-17-7-8-18(19)14-17)23-10-11-27-16-24-26-20(27)4-2;/h16-19H,3-15H2,1-2H3,(H2,22,23,25);1H. The molecule has 0 amide bonds. The van der Waals surface area contributed by atoms with E-state index < -0.39 is 0 Å². The molecule has 3 unspecified atom stereocenters. The number of guanidine groups is 1. The minimum Gasteiger partial charge on any atom is -0.381 e. The van der Waals surface area contributed by atoms with Gasteiger partial charge in [-0.2, -0.15) is 0 Å². The van der Waals surface area contributed by atoms with Crippen molar-refractivity contribution in [2.75, 3.05) is 26.3 Å². The van der Waals surface area contributed by atoms with E-state index in [1.54, 1.807) is 0 Å². The lowest BCUT2D eigenvalue weighted by atomic mass is 9.95. The van der Waals surface area contributed by atoms with Crippen molar-refractivity contribution >= 4 is 29.9 Å². The third-order valence-corrected chi connectivity index (χ3v) is 6.08. The van der Waals surface area contributed by atoms with Crippen LogP contribution in [0.1, 0.15) is 64.6 Å². The Balaban J connectivity index is 0.00000300. The van der Waals surface area contributed by atoms with Gasteiger partial charge in [0.15, 0.2) is 5.96 Å². The highest BCUT2D eigenvalue weighted by Crippen LogP contribution is 2.44. The van der Waals surface area contributed by atoms with Gasteiger partial charge in [0.1, 0.15) is 12.2 Å². The van der Waals surface area contributed by atoms with Gasteiger partial charge >= 0.3 is 0 Å². The number of aryl methyl sites for hydroxylation is 1. The van der Waals surface area contributed by atoms with E-state index in [9.17, 15) is 0 Å². The lowest BCUT2D eigenvalue weighted by molar-refractivity contribution is 0.130. The highest BCUT2D eigenvalue weighted by atomic mass is 127.